The highest BCUT2D eigenvalue weighted by molar-refractivity contribution is 6.00. The Kier molecular flexibility index (Phi) is 6.84. The molecule has 150 valence electrons. The molecule has 5 nitrogen and oxygen atoms in total. The lowest BCUT2D eigenvalue weighted by Gasteiger charge is -2.19. The Balaban J connectivity index is 2.01. The van der Waals surface area contributed by atoms with Crippen LogP contribution in [-0.4, -0.2) is 32.1 Å². The van der Waals surface area contributed by atoms with E-state index < -0.39 is 12.1 Å². The number of hydrogen-bond acceptors (Lipinski definition) is 5. The summed E-state index contributed by atoms with van der Waals surface area (Å²) in [6.45, 7) is 7.93. The van der Waals surface area contributed by atoms with E-state index in [-0.39, 0.29) is 17.6 Å². The second-order valence-corrected chi connectivity index (χ2v) is 7.69. The van der Waals surface area contributed by atoms with Gasteiger partial charge in [-0.2, -0.15) is 0 Å². The summed E-state index contributed by atoms with van der Waals surface area (Å²) in [5.41, 5.74) is 2.40. The first-order valence-corrected chi connectivity index (χ1v) is 9.21. The Morgan fingerprint density at radius 3 is 2.07 bits per heavy atom. The summed E-state index contributed by atoms with van der Waals surface area (Å²) in [6.07, 6.45) is -0.811. The largest absolute Gasteiger partial charge is 0.493 e. The van der Waals surface area contributed by atoms with Crippen LogP contribution >= 0.6 is 0 Å². The molecule has 5 heteroatoms. The van der Waals surface area contributed by atoms with E-state index in [1.165, 1.54) is 7.11 Å². The molecule has 0 saturated heterocycles. The number of benzene rings is 2. The van der Waals surface area contributed by atoms with E-state index in [1.54, 1.807) is 44.4 Å². The molecule has 0 heterocycles. The Morgan fingerprint density at radius 1 is 0.929 bits per heavy atom. The summed E-state index contributed by atoms with van der Waals surface area (Å²) >= 11 is 0. The number of hydrogen-bond donors (Lipinski definition) is 0. The van der Waals surface area contributed by atoms with Gasteiger partial charge >= 0.3 is 5.97 Å². The summed E-state index contributed by atoms with van der Waals surface area (Å²) in [5, 5.41) is 0. The van der Waals surface area contributed by atoms with Crippen LogP contribution in [0, 0.1) is 0 Å². The molecule has 0 fully saturated rings. The SMILES string of the molecule is COc1ccc(CC(=O)OC(C)C(=O)c2ccc(C(C)(C)C)cc2)cc1OC. The van der Waals surface area contributed by atoms with Gasteiger partial charge in [0.05, 0.1) is 20.6 Å². The van der Waals surface area contributed by atoms with Gasteiger partial charge in [-0.15, -0.1) is 0 Å². The van der Waals surface area contributed by atoms with Gasteiger partial charge in [-0.3, -0.25) is 9.59 Å². The van der Waals surface area contributed by atoms with E-state index in [1.807, 2.05) is 12.1 Å². The van der Waals surface area contributed by atoms with Crippen LogP contribution in [-0.2, 0) is 21.4 Å². The Morgan fingerprint density at radius 2 is 1.54 bits per heavy atom. The summed E-state index contributed by atoms with van der Waals surface area (Å²) in [4.78, 5) is 24.8. The number of Topliss-reactive ketones (excluding diaryl/α,β-unsaturated/α-hetero) is 1. The highest BCUT2D eigenvalue weighted by atomic mass is 16.5. The molecule has 0 bridgehead atoms. The van der Waals surface area contributed by atoms with Crippen LogP contribution in [0.2, 0.25) is 0 Å². The normalized spacial score (nSPS) is 12.2. The first-order chi connectivity index (χ1) is 13.2. The molecule has 0 aliphatic heterocycles. The van der Waals surface area contributed by atoms with E-state index in [0.717, 1.165) is 11.1 Å². The van der Waals surface area contributed by atoms with E-state index >= 15 is 0 Å². The third-order valence-corrected chi connectivity index (χ3v) is 4.51. The molecule has 0 saturated carbocycles. The molecular formula is C23H28O5. The molecule has 0 aliphatic carbocycles. The molecule has 0 radical (unpaired) electrons. The minimum atomic E-state index is -0.854. The van der Waals surface area contributed by atoms with Gasteiger partial charge in [0.1, 0.15) is 0 Å². The van der Waals surface area contributed by atoms with Crippen molar-refractivity contribution in [1.82, 2.24) is 0 Å². The molecule has 0 amide bonds. The molecule has 0 N–H and O–H groups in total. The van der Waals surface area contributed by atoms with E-state index in [0.29, 0.717) is 17.1 Å². The molecule has 1 atom stereocenters. The van der Waals surface area contributed by atoms with Crippen LogP contribution < -0.4 is 9.47 Å². The summed E-state index contributed by atoms with van der Waals surface area (Å²) in [7, 11) is 3.08. The zero-order chi connectivity index (χ0) is 20.9. The second-order valence-electron chi connectivity index (χ2n) is 7.69. The Labute approximate surface area is 166 Å². The van der Waals surface area contributed by atoms with Gasteiger partial charge in [-0.05, 0) is 35.6 Å². The standard InChI is InChI=1S/C23H28O5/c1-15(22(25)17-8-10-18(11-9-17)23(2,3)4)28-21(24)14-16-7-12-19(26-5)20(13-16)27-6/h7-13,15H,14H2,1-6H3. The number of methoxy groups -OCH3 is 2. The first kappa shape index (κ1) is 21.5. The molecule has 0 aromatic heterocycles. The van der Waals surface area contributed by atoms with Crippen molar-refractivity contribution in [2.75, 3.05) is 14.2 Å². The second kappa shape index (κ2) is 8.91. The van der Waals surface area contributed by atoms with Gasteiger partial charge in [0, 0.05) is 5.56 Å². The van der Waals surface area contributed by atoms with Crippen molar-refractivity contribution < 1.29 is 23.8 Å². The average molecular weight is 384 g/mol. The highest BCUT2D eigenvalue weighted by Crippen LogP contribution is 2.28. The van der Waals surface area contributed by atoms with Crippen LogP contribution in [0.4, 0.5) is 0 Å². The summed E-state index contributed by atoms with van der Waals surface area (Å²) < 4.78 is 15.8. The number of carbonyl (C=O) groups excluding carboxylic acids is 2. The monoisotopic (exact) mass is 384 g/mol. The van der Waals surface area contributed by atoms with Gasteiger partial charge < -0.3 is 14.2 Å². The summed E-state index contributed by atoms with van der Waals surface area (Å²) in [5.74, 6) is 0.429. The molecular weight excluding hydrogens is 356 g/mol. The number of ether oxygens (including phenoxy) is 3. The molecule has 1 unspecified atom stereocenters. The van der Waals surface area contributed by atoms with Crippen molar-refractivity contribution in [2.45, 2.75) is 45.6 Å². The fourth-order valence-corrected chi connectivity index (χ4v) is 2.82. The highest BCUT2D eigenvalue weighted by Gasteiger charge is 2.21. The quantitative estimate of drug-likeness (QED) is 0.524. The van der Waals surface area contributed by atoms with Crippen molar-refractivity contribution in [3.05, 3.63) is 59.2 Å². The maximum absolute atomic E-state index is 12.6. The maximum Gasteiger partial charge on any atom is 0.310 e. The third kappa shape index (κ3) is 5.35. The van der Waals surface area contributed by atoms with Gasteiger partial charge in [-0.1, -0.05) is 51.1 Å². The van der Waals surface area contributed by atoms with E-state index in [4.69, 9.17) is 14.2 Å². The van der Waals surface area contributed by atoms with Crippen LogP contribution in [0.25, 0.3) is 0 Å². The smallest absolute Gasteiger partial charge is 0.310 e. The fourth-order valence-electron chi connectivity index (χ4n) is 2.82. The zero-order valence-electron chi connectivity index (χ0n) is 17.4. The van der Waals surface area contributed by atoms with E-state index in [9.17, 15) is 9.59 Å². The number of carbonyl (C=O) groups is 2. The molecule has 0 aliphatic rings. The number of esters is 1. The lowest BCUT2D eigenvalue weighted by atomic mass is 9.86. The molecule has 2 rings (SSSR count). The fraction of sp³-hybridized carbons (Fsp3) is 0.391. The van der Waals surface area contributed by atoms with Crippen molar-refractivity contribution in [1.29, 1.82) is 0 Å². The average Bonchev–Trinajstić information content (AvgIpc) is 2.66. The maximum atomic E-state index is 12.6. The van der Waals surface area contributed by atoms with Gasteiger partial charge in [0.25, 0.3) is 0 Å². The molecule has 2 aromatic carbocycles. The first-order valence-electron chi connectivity index (χ1n) is 9.21. The molecule has 28 heavy (non-hydrogen) atoms. The van der Waals surface area contributed by atoms with E-state index in [2.05, 4.69) is 20.8 Å². The van der Waals surface area contributed by atoms with Crippen molar-refractivity contribution in [3.63, 3.8) is 0 Å². The lowest BCUT2D eigenvalue weighted by molar-refractivity contribution is -0.145. The number of ketones is 1. The molecule has 0 spiro atoms. The van der Waals surface area contributed by atoms with Gasteiger partial charge in [0.15, 0.2) is 17.6 Å². The topological polar surface area (TPSA) is 61.8 Å². The van der Waals surface area contributed by atoms with Crippen LogP contribution in [0.5, 0.6) is 11.5 Å². The lowest BCUT2D eigenvalue weighted by Crippen LogP contribution is -2.25. The zero-order valence-corrected chi connectivity index (χ0v) is 17.4. The number of rotatable bonds is 7. The van der Waals surface area contributed by atoms with Crippen LogP contribution in [0.3, 0.4) is 0 Å². The Bertz CT molecular complexity index is 831. The van der Waals surface area contributed by atoms with Gasteiger partial charge in [-0.25, -0.2) is 0 Å². The predicted molar refractivity (Wildman–Crippen MR) is 108 cm³/mol. The minimum absolute atomic E-state index is 0.0130. The minimum Gasteiger partial charge on any atom is -0.493 e. The van der Waals surface area contributed by atoms with Crippen molar-refractivity contribution >= 4 is 11.8 Å². The van der Waals surface area contributed by atoms with Crippen LogP contribution in [0.1, 0.15) is 49.2 Å². The van der Waals surface area contributed by atoms with Crippen molar-refractivity contribution in [3.8, 4) is 11.5 Å². The molecule has 2 aromatic rings. The van der Waals surface area contributed by atoms with Crippen LogP contribution in [0.15, 0.2) is 42.5 Å². The van der Waals surface area contributed by atoms with Crippen molar-refractivity contribution in [2.24, 2.45) is 0 Å². The predicted octanol–water partition coefficient (Wildman–Crippen LogP) is 4.36. The van der Waals surface area contributed by atoms with Gasteiger partial charge in [0.2, 0.25) is 5.78 Å². The summed E-state index contributed by atoms with van der Waals surface area (Å²) in [6, 6.07) is 12.6. The Hall–Kier alpha value is -2.82. The third-order valence-electron chi connectivity index (χ3n) is 4.51.